The summed E-state index contributed by atoms with van der Waals surface area (Å²) >= 11 is 0. The number of amides is 2. The van der Waals surface area contributed by atoms with Crippen molar-refractivity contribution in [2.75, 3.05) is 49.2 Å². The lowest BCUT2D eigenvalue weighted by molar-refractivity contribution is -0.154. The van der Waals surface area contributed by atoms with E-state index in [1.54, 1.807) is 22.8 Å². The number of likely N-dealkylation sites (tertiary alicyclic amines) is 1. The number of benzene rings is 1. The first-order valence-electron chi connectivity index (χ1n) is 14.9. The van der Waals surface area contributed by atoms with E-state index >= 15 is 0 Å². The lowest BCUT2D eigenvalue weighted by Crippen LogP contribution is -2.56. The number of hydrogen-bond donors (Lipinski definition) is 1. The summed E-state index contributed by atoms with van der Waals surface area (Å²) in [6.07, 6.45) is 5.51. The van der Waals surface area contributed by atoms with E-state index in [4.69, 9.17) is 14.6 Å². The molecule has 2 unspecified atom stereocenters. The van der Waals surface area contributed by atoms with E-state index < -0.39 is 35.6 Å². The largest absolute Gasteiger partial charge is 0.466 e. The third-order valence-electron chi connectivity index (χ3n) is 8.77. The lowest BCUT2D eigenvalue weighted by Gasteiger charge is -2.37. The smallest absolute Gasteiger partial charge is 0.312 e. The van der Waals surface area contributed by atoms with E-state index in [9.17, 15) is 14.4 Å². The van der Waals surface area contributed by atoms with Crippen LogP contribution in [0, 0.1) is 11.8 Å². The van der Waals surface area contributed by atoms with Crippen LogP contribution >= 0.6 is 0 Å². The van der Waals surface area contributed by atoms with E-state index in [1.165, 1.54) is 0 Å². The Kier molecular flexibility index (Phi) is 9.90. The van der Waals surface area contributed by atoms with Crippen LogP contribution in [0.25, 0.3) is 0 Å². The second-order valence-corrected chi connectivity index (χ2v) is 10.9. The van der Waals surface area contributed by atoms with Crippen LogP contribution in [0.5, 0.6) is 0 Å². The van der Waals surface area contributed by atoms with E-state index in [0.717, 1.165) is 37.3 Å². The van der Waals surface area contributed by atoms with Crippen molar-refractivity contribution in [1.29, 1.82) is 0 Å². The van der Waals surface area contributed by atoms with Crippen molar-refractivity contribution in [2.24, 2.45) is 11.8 Å². The first-order chi connectivity index (χ1) is 19.4. The molecule has 3 aliphatic rings. The number of rotatable bonds is 15. The number of aliphatic hydroxyl groups excluding tert-OH is 1. The molecule has 0 radical (unpaired) electrons. The molecule has 5 atom stereocenters. The van der Waals surface area contributed by atoms with E-state index in [1.807, 2.05) is 24.3 Å². The number of hydrogen-bond acceptors (Lipinski definition) is 7. The molecule has 0 aliphatic carbocycles. The average Bonchev–Trinajstić information content (AvgIpc) is 3.60. The molecule has 3 heterocycles. The van der Waals surface area contributed by atoms with Crippen LogP contribution in [0.4, 0.5) is 11.4 Å². The van der Waals surface area contributed by atoms with Crippen molar-refractivity contribution < 1.29 is 29.0 Å². The number of fused-ring (bicyclic) bond motifs is 1. The second-order valence-electron chi connectivity index (χ2n) is 10.9. The zero-order chi connectivity index (χ0) is 28.9. The molecule has 9 heteroatoms. The molecule has 4 rings (SSSR count). The Labute approximate surface area is 238 Å². The van der Waals surface area contributed by atoms with Crippen molar-refractivity contribution in [3.05, 3.63) is 36.9 Å². The fraction of sp³-hybridized carbons (Fsp3) is 0.645. The summed E-state index contributed by atoms with van der Waals surface area (Å²) in [7, 11) is 0. The Morgan fingerprint density at radius 3 is 2.42 bits per heavy atom. The van der Waals surface area contributed by atoms with Gasteiger partial charge >= 0.3 is 5.97 Å². The Hall–Kier alpha value is -2.91. The van der Waals surface area contributed by atoms with Gasteiger partial charge in [0.2, 0.25) is 5.91 Å². The van der Waals surface area contributed by atoms with Crippen LogP contribution in [0.2, 0.25) is 0 Å². The van der Waals surface area contributed by atoms with Crippen LogP contribution in [0.3, 0.4) is 0 Å². The van der Waals surface area contributed by atoms with Gasteiger partial charge in [0.25, 0.3) is 5.91 Å². The van der Waals surface area contributed by atoms with Crippen LogP contribution < -0.4 is 9.80 Å². The minimum Gasteiger partial charge on any atom is -0.466 e. The van der Waals surface area contributed by atoms with Crippen molar-refractivity contribution in [3.63, 3.8) is 0 Å². The highest BCUT2D eigenvalue weighted by atomic mass is 16.6. The lowest BCUT2D eigenvalue weighted by atomic mass is 9.70. The highest BCUT2D eigenvalue weighted by Crippen LogP contribution is 2.59. The summed E-state index contributed by atoms with van der Waals surface area (Å²) < 4.78 is 11.9. The van der Waals surface area contributed by atoms with Gasteiger partial charge in [-0.1, -0.05) is 18.9 Å². The van der Waals surface area contributed by atoms with Crippen LogP contribution in [0.15, 0.2) is 36.9 Å². The van der Waals surface area contributed by atoms with Gasteiger partial charge in [0.05, 0.1) is 24.5 Å². The zero-order valence-electron chi connectivity index (χ0n) is 24.2. The monoisotopic (exact) mass is 555 g/mol. The summed E-state index contributed by atoms with van der Waals surface area (Å²) in [6, 6.07) is 7.07. The number of anilines is 2. The van der Waals surface area contributed by atoms with Crippen LogP contribution in [0.1, 0.15) is 59.3 Å². The molecule has 9 nitrogen and oxygen atoms in total. The number of ether oxygens (including phenoxy) is 2. The molecule has 1 aromatic carbocycles. The van der Waals surface area contributed by atoms with Gasteiger partial charge in [-0.3, -0.25) is 14.4 Å². The summed E-state index contributed by atoms with van der Waals surface area (Å²) in [5, 5.41) is 9.15. The standard InChI is InChI=1S/C31H45N3O6/c1-5-19-33(23-15-13-22(14-16-23)32(6-2)7-3)29(37)27-31-18-17-24(40-31)25(30(38)39-8-4)26(31)28(36)34(27)20-11-9-10-12-21-35/h5,13-16,24-27,35H,1,6-12,17-21H2,2-4H3/t24-,25+,26-,27?,31?/m0/s1. The molecule has 2 bridgehead atoms. The van der Waals surface area contributed by atoms with Gasteiger partial charge in [-0.15, -0.1) is 6.58 Å². The maximum absolute atomic E-state index is 14.5. The minimum absolute atomic E-state index is 0.134. The predicted octanol–water partition coefficient (Wildman–Crippen LogP) is 3.54. The zero-order valence-corrected chi connectivity index (χ0v) is 24.2. The third-order valence-corrected chi connectivity index (χ3v) is 8.77. The Morgan fingerprint density at radius 1 is 1.12 bits per heavy atom. The van der Waals surface area contributed by atoms with Crippen molar-refractivity contribution in [3.8, 4) is 0 Å². The number of aliphatic hydroxyl groups is 1. The number of nitrogens with zero attached hydrogens (tertiary/aromatic N) is 3. The molecule has 3 fully saturated rings. The van der Waals surface area contributed by atoms with Crippen molar-refractivity contribution >= 4 is 29.2 Å². The quantitative estimate of drug-likeness (QED) is 0.201. The molecule has 1 spiro atoms. The number of unbranched alkanes of at least 4 members (excludes halogenated alkanes) is 3. The first kappa shape index (κ1) is 30.1. The average molecular weight is 556 g/mol. The molecular weight excluding hydrogens is 510 g/mol. The van der Waals surface area contributed by atoms with Gasteiger partial charge in [0.15, 0.2) is 0 Å². The molecule has 2 amide bonds. The van der Waals surface area contributed by atoms with Crippen LogP contribution in [-0.2, 0) is 23.9 Å². The fourth-order valence-electron chi connectivity index (χ4n) is 6.96. The van der Waals surface area contributed by atoms with Gasteiger partial charge in [-0.25, -0.2) is 0 Å². The van der Waals surface area contributed by atoms with Gasteiger partial charge in [0.1, 0.15) is 11.6 Å². The molecule has 0 saturated carbocycles. The highest BCUT2D eigenvalue weighted by molar-refractivity contribution is 6.04. The summed E-state index contributed by atoms with van der Waals surface area (Å²) in [4.78, 5) is 47.2. The number of esters is 1. The molecule has 1 aromatic rings. The SMILES string of the molecule is C=CCN(C(=O)C1N(CCCCCCO)C(=O)[C@@H]2[C@H](C(=O)OCC)[C@@H]3CCC12O3)c1ccc(N(CC)CC)cc1. The predicted molar refractivity (Wildman–Crippen MR) is 154 cm³/mol. The molecule has 220 valence electrons. The molecule has 3 saturated heterocycles. The van der Waals surface area contributed by atoms with Gasteiger partial charge in [-0.05, 0) is 70.7 Å². The number of carbonyl (C=O) groups excluding carboxylic acids is 3. The van der Waals surface area contributed by atoms with Gasteiger partial charge < -0.3 is 29.3 Å². The van der Waals surface area contributed by atoms with Gasteiger partial charge in [-0.2, -0.15) is 0 Å². The normalized spacial score (nSPS) is 26.6. The van der Waals surface area contributed by atoms with Crippen LogP contribution in [-0.4, -0.2) is 84.9 Å². The van der Waals surface area contributed by atoms with E-state index in [2.05, 4.69) is 25.3 Å². The summed E-state index contributed by atoms with van der Waals surface area (Å²) in [6.45, 7) is 12.7. The van der Waals surface area contributed by atoms with Gasteiger partial charge in [0, 0.05) is 44.2 Å². The third kappa shape index (κ3) is 5.38. The molecule has 3 aliphatic heterocycles. The minimum atomic E-state index is -1.05. The molecular formula is C31H45N3O6. The molecule has 40 heavy (non-hydrogen) atoms. The highest BCUT2D eigenvalue weighted by Gasteiger charge is 2.75. The second kappa shape index (κ2) is 13.2. The molecule has 1 N–H and O–H groups in total. The van der Waals surface area contributed by atoms with Crippen molar-refractivity contribution in [1.82, 2.24) is 4.90 Å². The summed E-state index contributed by atoms with van der Waals surface area (Å²) in [5.41, 5.74) is 0.751. The number of carbonyl (C=O) groups is 3. The maximum Gasteiger partial charge on any atom is 0.312 e. The van der Waals surface area contributed by atoms with E-state index in [0.29, 0.717) is 32.2 Å². The Bertz CT molecular complexity index is 1060. The van der Waals surface area contributed by atoms with Crippen molar-refractivity contribution in [2.45, 2.75) is 77.0 Å². The van der Waals surface area contributed by atoms with E-state index in [-0.39, 0.29) is 31.6 Å². The topological polar surface area (TPSA) is 99.6 Å². The first-order valence-corrected chi connectivity index (χ1v) is 14.9. The Morgan fingerprint density at radius 2 is 1.80 bits per heavy atom. The molecule has 0 aromatic heterocycles. The Balaban J connectivity index is 1.68. The maximum atomic E-state index is 14.5. The fourth-order valence-corrected chi connectivity index (χ4v) is 6.96. The summed E-state index contributed by atoms with van der Waals surface area (Å²) in [5.74, 6) is -2.26.